The number of H-pyrrole nitrogens is 1. The summed E-state index contributed by atoms with van der Waals surface area (Å²) in [6.07, 6.45) is 3.14. The minimum Gasteiger partial charge on any atom is -0.382 e. The highest BCUT2D eigenvalue weighted by Crippen LogP contribution is 2.30. The van der Waals surface area contributed by atoms with Crippen molar-refractivity contribution in [3.8, 4) is 0 Å². The molecule has 1 fully saturated rings. The zero-order valence-corrected chi connectivity index (χ0v) is 13.7. The summed E-state index contributed by atoms with van der Waals surface area (Å²) in [5.41, 5.74) is 1.35. The first kappa shape index (κ1) is 16.6. The number of aromatic amines is 1. The van der Waals surface area contributed by atoms with Crippen molar-refractivity contribution in [3.63, 3.8) is 0 Å². The highest BCUT2D eigenvalue weighted by molar-refractivity contribution is 5.79. The Morgan fingerprint density at radius 2 is 2.29 bits per heavy atom. The number of rotatable bonds is 5. The largest absolute Gasteiger partial charge is 0.382 e. The molecule has 1 unspecified atom stereocenters. The number of nitrogens with one attached hydrogen (secondary N) is 1. The standard InChI is InChI=1S/C17H22N4O3/c1-24-11-14-5-2-4-13(8-14)9-16(22)21-7-3-6-17(23,12-21)15-10-18-20-19-15/h2,4-5,8,10,23H,3,6-7,9,11-12H2,1H3,(H,18,19,20). The van der Waals surface area contributed by atoms with Crippen LogP contribution in [0.15, 0.2) is 30.5 Å². The van der Waals surface area contributed by atoms with Crippen LogP contribution in [0.25, 0.3) is 0 Å². The molecule has 0 spiro atoms. The lowest BCUT2D eigenvalue weighted by atomic mass is 9.89. The monoisotopic (exact) mass is 330 g/mol. The molecule has 1 aliphatic heterocycles. The van der Waals surface area contributed by atoms with E-state index in [-0.39, 0.29) is 12.5 Å². The summed E-state index contributed by atoms with van der Waals surface area (Å²) in [6.45, 7) is 1.42. The van der Waals surface area contributed by atoms with Crippen molar-refractivity contribution in [3.05, 3.63) is 47.3 Å². The molecule has 24 heavy (non-hydrogen) atoms. The van der Waals surface area contributed by atoms with Crippen molar-refractivity contribution in [2.24, 2.45) is 0 Å². The second-order valence-electron chi connectivity index (χ2n) is 6.24. The Bertz CT molecular complexity index is 689. The summed E-state index contributed by atoms with van der Waals surface area (Å²) in [4.78, 5) is 14.3. The Morgan fingerprint density at radius 3 is 3.04 bits per heavy atom. The molecule has 128 valence electrons. The number of β-amino-alcohol motifs (C(OH)–C–C–N with tert-alkyl or cyclic N) is 1. The number of benzene rings is 1. The predicted molar refractivity (Wildman–Crippen MR) is 87.0 cm³/mol. The van der Waals surface area contributed by atoms with Crippen LogP contribution in [0.5, 0.6) is 0 Å². The van der Waals surface area contributed by atoms with Crippen LogP contribution in [-0.4, -0.2) is 51.5 Å². The number of likely N-dealkylation sites (tertiary alicyclic amines) is 1. The maximum atomic E-state index is 12.6. The number of methoxy groups -OCH3 is 1. The molecule has 1 amide bonds. The Kier molecular flexibility index (Phi) is 4.92. The number of nitrogens with zero attached hydrogens (tertiary/aromatic N) is 3. The van der Waals surface area contributed by atoms with Crippen molar-refractivity contribution < 1.29 is 14.6 Å². The van der Waals surface area contributed by atoms with Crippen molar-refractivity contribution in [1.29, 1.82) is 0 Å². The van der Waals surface area contributed by atoms with Gasteiger partial charge in [-0.2, -0.15) is 15.4 Å². The molecule has 0 bridgehead atoms. The Morgan fingerprint density at radius 1 is 1.46 bits per heavy atom. The first-order chi connectivity index (χ1) is 11.6. The van der Waals surface area contributed by atoms with E-state index < -0.39 is 5.60 Å². The number of ether oxygens (including phenoxy) is 1. The third-order valence-electron chi connectivity index (χ3n) is 4.37. The van der Waals surface area contributed by atoms with Crippen LogP contribution in [0.1, 0.15) is 29.7 Å². The van der Waals surface area contributed by atoms with Crippen molar-refractivity contribution in [2.45, 2.75) is 31.5 Å². The molecule has 1 saturated heterocycles. The topological polar surface area (TPSA) is 91.3 Å². The normalized spacial score (nSPS) is 21.0. The second kappa shape index (κ2) is 7.11. The van der Waals surface area contributed by atoms with Gasteiger partial charge in [-0.25, -0.2) is 0 Å². The maximum Gasteiger partial charge on any atom is 0.227 e. The van der Waals surface area contributed by atoms with Crippen LogP contribution in [0.3, 0.4) is 0 Å². The van der Waals surface area contributed by atoms with E-state index in [4.69, 9.17) is 4.74 Å². The molecule has 0 radical (unpaired) electrons. The van der Waals surface area contributed by atoms with Gasteiger partial charge in [0.05, 0.1) is 25.8 Å². The van der Waals surface area contributed by atoms with Gasteiger partial charge >= 0.3 is 0 Å². The SMILES string of the molecule is COCc1cccc(CC(=O)N2CCCC(O)(c3cn[nH]n3)C2)c1. The molecule has 0 saturated carbocycles. The Balaban J connectivity index is 1.67. The van der Waals surface area contributed by atoms with E-state index in [1.165, 1.54) is 6.20 Å². The number of hydrogen-bond donors (Lipinski definition) is 2. The van der Waals surface area contributed by atoms with Crippen LogP contribution >= 0.6 is 0 Å². The lowest BCUT2D eigenvalue weighted by Crippen LogP contribution is -2.49. The van der Waals surface area contributed by atoms with E-state index in [0.717, 1.165) is 17.5 Å². The molecule has 7 heteroatoms. The van der Waals surface area contributed by atoms with Crippen molar-refractivity contribution >= 4 is 5.91 Å². The number of carbonyl (C=O) groups is 1. The lowest BCUT2D eigenvalue weighted by Gasteiger charge is -2.38. The summed E-state index contributed by atoms with van der Waals surface area (Å²) in [7, 11) is 1.65. The van der Waals surface area contributed by atoms with Gasteiger partial charge in [0.1, 0.15) is 11.3 Å². The highest BCUT2D eigenvalue weighted by Gasteiger charge is 2.38. The molecule has 2 aromatic rings. The summed E-state index contributed by atoms with van der Waals surface area (Å²) in [5, 5.41) is 21.1. The molecular weight excluding hydrogens is 308 g/mol. The molecule has 2 heterocycles. The average Bonchev–Trinajstić information content (AvgIpc) is 3.11. The van der Waals surface area contributed by atoms with Gasteiger partial charge in [-0.05, 0) is 24.0 Å². The third-order valence-corrected chi connectivity index (χ3v) is 4.37. The van der Waals surface area contributed by atoms with Gasteiger partial charge in [-0.1, -0.05) is 24.3 Å². The zero-order chi connectivity index (χ0) is 17.0. The smallest absolute Gasteiger partial charge is 0.227 e. The highest BCUT2D eigenvalue weighted by atomic mass is 16.5. The summed E-state index contributed by atoms with van der Waals surface area (Å²) in [6, 6.07) is 7.82. The van der Waals surface area contributed by atoms with E-state index >= 15 is 0 Å². The number of piperidine rings is 1. The summed E-state index contributed by atoms with van der Waals surface area (Å²) in [5.74, 6) is 0.00573. The molecule has 1 atom stereocenters. The number of aliphatic hydroxyl groups is 1. The summed E-state index contributed by atoms with van der Waals surface area (Å²) < 4.78 is 5.13. The van der Waals surface area contributed by atoms with Crippen molar-refractivity contribution in [2.75, 3.05) is 20.2 Å². The molecule has 2 N–H and O–H groups in total. The molecule has 7 nitrogen and oxygen atoms in total. The minimum absolute atomic E-state index is 0.00573. The maximum absolute atomic E-state index is 12.6. The average molecular weight is 330 g/mol. The molecule has 0 aliphatic carbocycles. The van der Waals surface area contributed by atoms with Crippen LogP contribution < -0.4 is 0 Å². The zero-order valence-electron chi connectivity index (χ0n) is 13.7. The van der Waals surface area contributed by atoms with Gasteiger partial charge in [0.2, 0.25) is 5.91 Å². The van der Waals surface area contributed by atoms with E-state index in [1.807, 2.05) is 24.3 Å². The first-order valence-corrected chi connectivity index (χ1v) is 8.04. The Labute approximate surface area is 140 Å². The van der Waals surface area contributed by atoms with Gasteiger partial charge in [-0.3, -0.25) is 4.79 Å². The molecule has 1 aromatic heterocycles. The number of carbonyl (C=O) groups excluding carboxylic acids is 1. The van der Waals surface area contributed by atoms with Gasteiger partial charge in [0.25, 0.3) is 0 Å². The van der Waals surface area contributed by atoms with E-state index in [0.29, 0.717) is 31.7 Å². The van der Waals surface area contributed by atoms with Gasteiger partial charge < -0.3 is 14.7 Å². The Hall–Kier alpha value is -2.25. The number of aromatic nitrogens is 3. The van der Waals surface area contributed by atoms with Crippen LogP contribution in [0.2, 0.25) is 0 Å². The van der Waals surface area contributed by atoms with Gasteiger partial charge in [-0.15, -0.1) is 0 Å². The molecule has 3 rings (SSSR count). The number of hydrogen-bond acceptors (Lipinski definition) is 5. The van der Waals surface area contributed by atoms with Gasteiger partial charge in [0.15, 0.2) is 0 Å². The van der Waals surface area contributed by atoms with E-state index in [2.05, 4.69) is 15.4 Å². The first-order valence-electron chi connectivity index (χ1n) is 8.04. The van der Waals surface area contributed by atoms with Crippen molar-refractivity contribution in [1.82, 2.24) is 20.3 Å². The van der Waals surface area contributed by atoms with Gasteiger partial charge in [0, 0.05) is 13.7 Å². The minimum atomic E-state index is -1.13. The van der Waals surface area contributed by atoms with E-state index in [1.54, 1.807) is 12.0 Å². The van der Waals surface area contributed by atoms with Crippen LogP contribution in [-0.2, 0) is 28.2 Å². The quantitative estimate of drug-likeness (QED) is 0.853. The molecule has 1 aliphatic rings. The summed E-state index contributed by atoms with van der Waals surface area (Å²) >= 11 is 0. The second-order valence-corrected chi connectivity index (χ2v) is 6.24. The molecular formula is C17H22N4O3. The third kappa shape index (κ3) is 3.63. The number of amides is 1. The van der Waals surface area contributed by atoms with E-state index in [9.17, 15) is 9.90 Å². The fourth-order valence-electron chi connectivity index (χ4n) is 3.17. The predicted octanol–water partition coefficient (Wildman–Crippen LogP) is 1.00. The fourth-order valence-corrected chi connectivity index (χ4v) is 3.17. The van der Waals surface area contributed by atoms with Crippen LogP contribution in [0, 0.1) is 0 Å². The lowest BCUT2D eigenvalue weighted by molar-refractivity contribution is -0.138. The fraction of sp³-hybridized carbons (Fsp3) is 0.471. The molecule has 1 aromatic carbocycles. The van der Waals surface area contributed by atoms with Crippen LogP contribution in [0.4, 0.5) is 0 Å².